The highest BCUT2D eigenvalue weighted by Gasteiger charge is 2.10. The lowest BCUT2D eigenvalue weighted by Crippen LogP contribution is -2.03. The molecule has 0 amide bonds. The molecule has 0 fully saturated rings. The molecule has 1 atom stereocenters. The van der Waals surface area contributed by atoms with Crippen molar-refractivity contribution in [1.29, 1.82) is 0 Å². The van der Waals surface area contributed by atoms with Crippen molar-refractivity contribution in [2.24, 2.45) is 5.73 Å². The topological polar surface area (TPSA) is 89.6 Å². The molecule has 7 heteroatoms. The van der Waals surface area contributed by atoms with Crippen molar-refractivity contribution in [1.82, 2.24) is 19.9 Å². The van der Waals surface area contributed by atoms with Gasteiger partial charge in [-0.3, -0.25) is 4.98 Å². The first-order chi connectivity index (χ1) is 13.2. The molecule has 0 aliphatic heterocycles. The van der Waals surface area contributed by atoms with Crippen LogP contribution in [0.25, 0.3) is 21.7 Å². The van der Waals surface area contributed by atoms with Gasteiger partial charge in [0.05, 0.1) is 16.6 Å². The summed E-state index contributed by atoms with van der Waals surface area (Å²) in [4.78, 5) is 18.5. The Hall–Kier alpha value is -3.16. The van der Waals surface area contributed by atoms with Crippen LogP contribution in [0.3, 0.4) is 0 Å². The summed E-state index contributed by atoms with van der Waals surface area (Å²) in [7, 11) is 0. The molecule has 0 saturated heterocycles. The predicted octanol–water partition coefficient (Wildman–Crippen LogP) is 4.43. The van der Waals surface area contributed by atoms with Crippen LogP contribution >= 0.6 is 11.3 Å². The Morgan fingerprint density at radius 1 is 0.963 bits per heavy atom. The second-order valence-corrected chi connectivity index (χ2v) is 7.11. The van der Waals surface area contributed by atoms with Crippen LogP contribution in [0.4, 0.5) is 11.6 Å². The number of rotatable bonds is 5. The molecule has 0 aliphatic rings. The fourth-order valence-electron chi connectivity index (χ4n) is 2.61. The third kappa shape index (κ3) is 3.99. The van der Waals surface area contributed by atoms with E-state index in [4.69, 9.17) is 5.73 Å². The molecular formula is C20H18N6S. The molecule has 0 unspecified atom stereocenters. The van der Waals surface area contributed by atoms with Crippen LogP contribution in [0.15, 0.2) is 67.3 Å². The Labute approximate surface area is 161 Å². The van der Waals surface area contributed by atoms with Crippen molar-refractivity contribution in [3.63, 3.8) is 0 Å². The number of aromatic nitrogens is 4. The van der Waals surface area contributed by atoms with Crippen LogP contribution in [-0.2, 0) is 0 Å². The van der Waals surface area contributed by atoms with Crippen molar-refractivity contribution in [3.05, 3.63) is 72.3 Å². The van der Waals surface area contributed by atoms with Gasteiger partial charge in [-0.25, -0.2) is 15.0 Å². The van der Waals surface area contributed by atoms with Crippen LogP contribution in [0.1, 0.15) is 18.0 Å². The minimum atomic E-state index is -0.0785. The zero-order valence-electron chi connectivity index (χ0n) is 14.7. The molecule has 0 saturated carbocycles. The number of hydrogen-bond acceptors (Lipinski definition) is 7. The number of pyridine rings is 3. The van der Waals surface area contributed by atoms with Gasteiger partial charge in [0.25, 0.3) is 0 Å². The summed E-state index contributed by atoms with van der Waals surface area (Å²) in [6, 6.07) is 13.7. The molecule has 4 aromatic heterocycles. The fourth-order valence-corrected chi connectivity index (χ4v) is 3.45. The normalized spacial score (nSPS) is 11.9. The van der Waals surface area contributed by atoms with Crippen molar-refractivity contribution < 1.29 is 0 Å². The Balaban J connectivity index is 1.58. The van der Waals surface area contributed by atoms with Gasteiger partial charge >= 0.3 is 0 Å². The summed E-state index contributed by atoms with van der Waals surface area (Å²) >= 11 is 1.56. The van der Waals surface area contributed by atoms with Crippen molar-refractivity contribution in [3.8, 4) is 21.7 Å². The molecule has 4 rings (SSSR count). The molecule has 3 N–H and O–H groups in total. The van der Waals surface area contributed by atoms with Crippen LogP contribution in [0.2, 0.25) is 0 Å². The average Bonchev–Trinajstić information content (AvgIpc) is 3.20. The average molecular weight is 374 g/mol. The first-order valence-corrected chi connectivity index (χ1v) is 9.33. The van der Waals surface area contributed by atoms with Crippen molar-refractivity contribution >= 4 is 23.0 Å². The highest BCUT2D eigenvalue weighted by Crippen LogP contribution is 2.28. The van der Waals surface area contributed by atoms with Crippen LogP contribution in [-0.4, -0.2) is 19.9 Å². The molecule has 134 valence electrons. The van der Waals surface area contributed by atoms with E-state index in [-0.39, 0.29) is 6.04 Å². The van der Waals surface area contributed by atoms with Gasteiger partial charge in [-0.2, -0.15) is 0 Å². The Bertz CT molecular complexity index is 1050. The van der Waals surface area contributed by atoms with Gasteiger partial charge in [0.15, 0.2) is 0 Å². The van der Waals surface area contributed by atoms with Gasteiger partial charge in [-0.05, 0) is 54.4 Å². The molecular weight excluding hydrogens is 356 g/mol. The van der Waals surface area contributed by atoms with E-state index < -0.39 is 0 Å². The number of anilines is 2. The highest BCUT2D eigenvalue weighted by molar-refractivity contribution is 7.15. The van der Waals surface area contributed by atoms with E-state index >= 15 is 0 Å². The molecule has 0 aliphatic carbocycles. The highest BCUT2D eigenvalue weighted by atomic mass is 32.1. The lowest BCUT2D eigenvalue weighted by molar-refractivity contribution is 0.807. The Morgan fingerprint density at radius 2 is 1.78 bits per heavy atom. The van der Waals surface area contributed by atoms with Crippen molar-refractivity contribution in [2.75, 3.05) is 5.32 Å². The van der Waals surface area contributed by atoms with Crippen LogP contribution < -0.4 is 11.1 Å². The van der Waals surface area contributed by atoms with E-state index in [1.165, 1.54) is 0 Å². The number of nitrogens with one attached hydrogen (secondary N) is 1. The first kappa shape index (κ1) is 17.3. The monoisotopic (exact) mass is 374 g/mol. The summed E-state index contributed by atoms with van der Waals surface area (Å²) in [5.41, 5.74) is 8.91. The van der Waals surface area contributed by atoms with E-state index in [0.717, 1.165) is 38.3 Å². The first-order valence-electron chi connectivity index (χ1n) is 8.51. The standard InChI is InChI=1S/C20H18N6S/c1-13(21)20-24-12-17(27-20)16-3-2-4-18(25-16)26-19-11-15(7-10-23-19)14-5-8-22-9-6-14/h2-13H,21H2,1H3,(H,23,25,26)/t13-/m0/s1. The number of hydrogen-bond donors (Lipinski definition) is 2. The summed E-state index contributed by atoms with van der Waals surface area (Å²) < 4.78 is 0. The van der Waals surface area contributed by atoms with Gasteiger partial charge in [-0.15, -0.1) is 11.3 Å². The molecule has 0 aromatic carbocycles. The lowest BCUT2D eigenvalue weighted by atomic mass is 10.1. The van der Waals surface area contributed by atoms with Gasteiger partial charge < -0.3 is 11.1 Å². The van der Waals surface area contributed by atoms with E-state index in [9.17, 15) is 0 Å². The fraction of sp³-hybridized carbons (Fsp3) is 0.100. The maximum atomic E-state index is 5.90. The summed E-state index contributed by atoms with van der Waals surface area (Å²) in [6.45, 7) is 1.93. The molecule has 0 bridgehead atoms. The summed E-state index contributed by atoms with van der Waals surface area (Å²) in [5, 5.41) is 4.18. The zero-order chi connectivity index (χ0) is 18.6. The third-order valence-electron chi connectivity index (χ3n) is 3.94. The predicted molar refractivity (Wildman–Crippen MR) is 109 cm³/mol. The summed E-state index contributed by atoms with van der Waals surface area (Å²) in [6.07, 6.45) is 7.15. The van der Waals surface area contributed by atoms with Gasteiger partial charge in [0.2, 0.25) is 0 Å². The molecule has 6 nitrogen and oxygen atoms in total. The van der Waals surface area contributed by atoms with Crippen LogP contribution in [0.5, 0.6) is 0 Å². The largest absolute Gasteiger partial charge is 0.325 e. The zero-order valence-corrected chi connectivity index (χ0v) is 15.5. The van der Waals surface area contributed by atoms with E-state index in [0.29, 0.717) is 0 Å². The second kappa shape index (κ2) is 7.61. The number of thiazole rings is 1. The Kier molecular flexibility index (Phi) is 4.86. The van der Waals surface area contributed by atoms with Crippen LogP contribution in [0, 0.1) is 0 Å². The van der Waals surface area contributed by atoms with E-state index in [2.05, 4.69) is 25.3 Å². The minimum absolute atomic E-state index is 0.0785. The lowest BCUT2D eigenvalue weighted by Gasteiger charge is -2.08. The molecule has 0 radical (unpaired) electrons. The smallest absolute Gasteiger partial charge is 0.132 e. The summed E-state index contributed by atoms with van der Waals surface area (Å²) in [5.74, 6) is 1.46. The minimum Gasteiger partial charge on any atom is -0.325 e. The van der Waals surface area contributed by atoms with Gasteiger partial charge in [0.1, 0.15) is 16.6 Å². The molecule has 0 spiro atoms. The van der Waals surface area contributed by atoms with Gasteiger partial charge in [0, 0.05) is 24.8 Å². The van der Waals surface area contributed by atoms with Gasteiger partial charge in [-0.1, -0.05) is 6.07 Å². The molecule has 27 heavy (non-hydrogen) atoms. The quantitative estimate of drug-likeness (QED) is 0.537. The van der Waals surface area contributed by atoms with Crippen molar-refractivity contribution in [2.45, 2.75) is 13.0 Å². The second-order valence-electron chi connectivity index (χ2n) is 6.05. The maximum Gasteiger partial charge on any atom is 0.132 e. The van der Waals surface area contributed by atoms with E-state index in [1.807, 2.05) is 55.6 Å². The maximum absolute atomic E-state index is 5.90. The third-order valence-corrected chi connectivity index (χ3v) is 5.17. The number of nitrogens with zero attached hydrogens (tertiary/aromatic N) is 4. The molecule has 4 aromatic rings. The molecule has 4 heterocycles. The van der Waals surface area contributed by atoms with E-state index in [1.54, 1.807) is 29.9 Å². The SMILES string of the molecule is C[C@H](N)c1ncc(-c2cccc(Nc3cc(-c4ccncc4)ccn3)n2)s1. The number of nitrogens with two attached hydrogens (primary N) is 1. The Morgan fingerprint density at radius 3 is 2.56 bits per heavy atom.